The van der Waals surface area contributed by atoms with Crippen molar-refractivity contribution in [2.45, 2.75) is 18.9 Å². The van der Waals surface area contributed by atoms with Crippen LogP contribution in [0.1, 0.15) is 18.9 Å². The van der Waals surface area contributed by atoms with Crippen LogP contribution in [0, 0.1) is 0 Å². The summed E-state index contributed by atoms with van der Waals surface area (Å²) in [5.41, 5.74) is 5.92. The number of aromatic hydroxyl groups is 1. The van der Waals surface area contributed by atoms with E-state index < -0.39 is 5.54 Å². The fourth-order valence-corrected chi connectivity index (χ4v) is 1.70. The molecule has 1 aromatic rings. The molecule has 0 fully saturated rings. The van der Waals surface area contributed by atoms with E-state index in [0.717, 1.165) is 4.47 Å². The molecular formula is C10H14BrNO2. The summed E-state index contributed by atoms with van der Waals surface area (Å²) >= 11 is 3.25. The molecule has 78 valence electrons. The lowest BCUT2D eigenvalue weighted by molar-refractivity contribution is 0.245. The van der Waals surface area contributed by atoms with Crippen molar-refractivity contribution in [2.75, 3.05) is 6.61 Å². The lowest BCUT2D eigenvalue weighted by Gasteiger charge is -2.25. The summed E-state index contributed by atoms with van der Waals surface area (Å²) < 4.78 is 0.804. The molecule has 0 radical (unpaired) electrons. The zero-order chi connectivity index (χ0) is 10.8. The van der Waals surface area contributed by atoms with Crippen LogP contribution in [-0.4, -0.2) is 16.8 Å². The number of halogens is 1. The Balaban J connectivity index is 3.06. The quantitative estimate of drug-likeness (QED) is 0.775. The first-order chi connectivity index (χ1) is 6.47. The number of phenolic OH excluding ortho intramolecular Hbond substituents is 1. The first-order valence-electron chi connectivity index (χ1n) is 4.36. The Morgan fingerprint density at radius 2 is 2.14 bits per heavy atom. The van der Waals surface area contributed by atoms with Crippen LogP contribution in [0.15, 0.2) is 22.7 Å². The van der Waals surface area contributed by atoms with Gasteiger partial charge in [-0.1, -0.05) is 22.0 Å². The van der Waals surface area contributed by atoms with E-state index in [1.165, 1.54) is 0 Å². The molecule has 0 saturated heterocycles. The van der Waals surface area contributed by atoms with Gasteiger partial charge in [-0.05, 0) is 25.5 Å². The smallest absolute Gasteiger partial charge is 0.121 e. The van der Waals surface area contributed by atoms with E-state index in [0.29, 0.717) is 12.0 Å². The Hall–Kier alpha value is -0.580. The zero-order valence-electron chi connectivity index (χ0n) is 8.00. The second-order valence-corrected chi connectivity index (χ2v) is 4.47. The van der Waals surface area contributed by atoms with Gasteiger partial charge >= 0.3 is 0 Å². The number of nitrogens with two attached hydrogens (primary N) is 1. The Morgan fingerprint density at radius 3 is 2.64 bits per heavy atom. The first-order valence-corrected chi connectivity index (χ1v) is 5.15. The minimum absolute atomic E-state index is 0.00248. The monoisotopic (exact) mass is 259 g/mol. The van der Waals surface area contributed by atoms with Crippen LogP contribution in [0.5, 0.6) is 5.75 Å². The molecule has 0 aliphatic rings. The molecular weight excluding hydrogens is 246 g/mol. The standard InChI is InChI=1S/C10H14BrNO2/c1-10(12,4-5-13)8-3-2-7(11)6-9(8)14/h2-3,6,13-14H,4-5,12H2,1H3/t10-/m1/s1. The summed E-state index contributed by atoms with van der Waals surface area (Å²) in [7, 11) is 0. The lowest BCUT2D eigenvalue weighted by atomic mass is 9.89. The van der Waals surface area contributed by atoms with E-state index in [1.807, 2.05) is 6.07 Å². The average molecular weight is 260 g/mol. The highest BCUT2D eigenvalue weighted by Crippen LogP contribution is 2.31. The third-order valence-corrected chi connectivity index (χ3v) is 2.70. The molecule has 0 aliphatic heterocycles. The maximum absolute atomic E-state index is 9.66. The molecule has 0 aliphatic carbocycles. The molecule has 4 heteroatoms. The topological polar surface area (TPSA) is 66.5 Å². The van der Waals surface area contributed by atoms with Crippen LogP contribution < -0.4 is 5.73 Å². The molecule has 0 aromatic heterocycles. The van der Waals surface area contributed by atoms with E-state index in [2.05, 4.69) is 15.9 Å². The van der Waals surface area contributed by atoms with Crippen molar-refractivity contribution < 1.29 is 10.2 Å². The van der Waals surface area contributed by atoms with E-state index >= 15 is 0 Å². The van der Waals surface area contributed by atoms with Crippen LogP contribution in [-0.2, 0) is 5.54 Å². The summed E-state index contributed by atoms with van der Waals surface area (Å²) in [6.07, 6.45) is 0.419. The Morgan fingerprint density at radius 1 is 1.50 bits per heavy atom. The number of rotatable bonds is 3. The largest absolute Gasteiger partial charge is 0.508 e. The second kappa shape index (κ2) is 4.29. The minimum atomic E-state index is -0.695. The average Bonchev–Trinajstić information content (AvgIpc) is 2.02. The van der Waals surface area contributed by atoms with Crippen molar-refractivity contribution in [1.82, 2.24) is 0 Å². The van der Waals surface area contributed by atoms with E-state index in [4.69, 9.17) is 10.8 Å². The molecule has 1 rings (SSSR count). The van der Waals surface area contributed by atoms with Crippen LogP contribution in [0.3, 0.4) is 0 Å². The van der Waals surface area contributed by atoms with Gasteiger partial charge in [0.05, 0.1) is 0 Å². The van der Waals surface area contributed by atoms with Gasteiger partial charge in [0.15, 0.2) is 0 Å². The maximum atomic E-state index is 9.66. The summed E-state index contributed by atoms with van der Waals surface area (Å²) in [6, 6.07) is 5.17. The fraction of sp³-hybridized carbons (Fsp3) is 0.400. The van der Waals surface area contributed by atoms with E-state index in [-0.39, 0.29) is 12.4 Å². The maximum Gasteiger partial charge on any atom is 0.121 e. The van der Waals surface area contributed by atoms with Crippen LogP contribution in [0.2, 0.25) is 0 Å². The predicted molar refractivity (Wildman–Crippen MR) is 59.0 cm³/mol. The molecule has 0 amide bonds. The Labute approximate surface area is 91.7 Å². The van der Waals surface area contributed by atoms with Crippen molar-refractivity contribution in [3.63, 3.8) is 0 Å². The van der Waals surface area contributed by atoms with Gasteiger partial charge < -0.3 is 15.9 Å². The molecule has 0 spiro atoms. The number of phenols is 1. The molecule has 14 heavy (non-hydrogen) atoms. The van der Waals surface area contributed by atoms with Gasteiger partial charge in [-0.3, -0.25) is 0 Å². The van der Waals surface area contributed by atoms with Crippen LogP contribution in [0.4, 0.5) is 0 Å². The van der Waals surface area contributed by atoms with Crippen molar-refractivity contribution in [1.29, 1.82) is 0 Å². The number of aliphatic hydroxyl groups excluding tert-OH is 1. The molecule has 4 N–H and O–H groups in total. The fourth-order valence-electron chi connectivity index (χ4n) is 1.35. The molecule has 1 atom stereocenters. The van der Waals surface area contributed by atoms with Crippen molar-refractivity contribution in [3.8, 4) is 5.75 Å². The van der Waals surface area contributed by atoms with Crippen LogP contribution >= 0.6 is 15.9 Å². The molecule has 0 heterocycles. The highest BCUT2D eigenvalue weighted by Gasteiger charge is 2.23. The number of hydrogen-bond acceptors (Lipinski definition) is 3. The zero-order valence-corrected chi connectivity index (χ0v) is 9.58. The summed E-state index contributed by atoms with van der Waals surface area (Å²) in [5.74, 6) is 0.151. The predicted octanol–water partition coefficient (Wildman–Crippen LogP) is 1.71. The number of aliphatic hydroxyl groups is 1. The molecule has 3 nitrogen and oxygen atoms in total. The lowest BCUT2D eigenvalue weighted by Crippen LogP contribution is -2.34. The molecule has 0 unspecified atom stereocenters. The van der Waals surface area contributed by atoms with Gasteiger partial charge in [-0.2, -0.15) is 0 Å². The van der Waals surface area contributed by atoms with Gasteiger partial charge in [-0.15, -0.1) is 0 Å². The summed E-state index contributed by atoms with van der Waals surface area (Å²) in [4.78, 5) is 0. The minimum Gasteiger partial charge on any atom is -0.508 e. The second-order valence-electron chi connectivity index (χ2n) is 3.55. The summed E-state index contributed by atoms with van der Waals surface area (Å²) in [5, 5.41) is 18.5. The summed E-state index contributed by atoms with van der Waals surface area (Å²) in [6.45, 7) is 1.79. The van der Waals surface area contributed by atoms with Crippen molar-refractivity contribution >= 4 is 15.9 Å². The van der Waals surface area contributed by atoms with Crippen LogP contribution in [0.25, 0.3) is 0 Å². The Bertz CT molecular complexity index is 326. The van der Waals surface area contributed by atoms with E-state index in [1.54, 1.807) is 19.1 Å². The SMILES string of the molecule is C[C@@](N)(CCO)c1ccc(Br)cc1O. The number of hydrogen-bond donors (Lipinski definition) is 3. The normalized spacial score (nSPS) is 15.1. The third kappa shape index (κ3) is 2.47. The highest BCUT2D eigenvalue weighted by molar-refractivity contribution is 9.10. The van der Waals surface area contributed by atoms with Gasteiger partial charge in [0.2, 0.25) is 0 Å². The highest BCUT2D eigenvalue weighted by atomic mass is 79.9. The number of benzene rings is 1. The Kier molecular flexibility index (Phi) is 3.53. The van der Waals surface area contributed by atoms with E-state index in [9.17, 15) is 5.11 Å². The van der Waals surface area contributed by atoms with Gasteiger partial charge in [-0.25, -0.2) is 0 Å². The van der Waals surface area contributed by atoms with Gasteiger partial charge in [0.1, 0.15) is 5.75 Å². The molecule has 0 bridgehead atoms. The first kappa shape index (κ1) is 11.5. The van der Waals surface area contributed by atoms with Crippen molar-refractivity contribution in [2.24, 2.45) is 5.73 Å². The molecule has 1 aromatic carbocycles. The van der Waals surface area contributed by atoms with Crippen molar-refractivity contribution in [3.05, 3.63) is 28.2 Å². The third-order valence-electron chi connectivity index (χ3n) is 2.21. The van der Waals surface area contributed by atoms with Gasteiger partial charge in [0.25, 0.3) is 0 Å². The van der Waals surface area contributed by atoms with Gasteiger partial charge in [0, 0.05) is 22.2 Å². The molecule has 0 saturated carbocycles.